The van der Waals surface area contributed by atoms with Crippen LogP contribution >= 0.6 is 11.6 Å². The van der Waals surface area contributed by atoms with Crippen molar-refractivity contribution >= 4 is 23.3 Å². The number of anilines is 1. The maximum absolute atomic E-state index is 12.6. The van der Waals surface area contributed by atoms with Crippen molar-refractivity contribution in [3.8, 4) is 11.3 Å². The van der Waals surface area contributed by atoms with E-state index in [0.29, 0.717) is 31.0 Å². The summed E-state index contributed by atoms with van der Waals surface area (Å²) in [5.41, 5.74) is 1.05. The fourth-order valence-corrected chi connectivity index (χ4v) is 3.51. The van der Waals surface area contributed by atoms with E-state index >= 15 is 0 Å². The number of carbonyl (C=O) groups is 1. The molecule has 5 nitrogen and oxygen atoms in total. The second kappa shape index (κ2) is 8.48. The van der Waals surface area contributed by atoms with Gasteiger partial charge in [-0.3, -0.25) is 4.79 Å². The van der Waals surface area contributed by atoms with E-state index in [1.807, 2.05) is 59.5 Å². The largest absolute Gasteiger partial charge is 0.461 e. The van der Waals surface area contributed by atoms with Crippen molar-refractivity contribution in [2.45, 2.75) is 12.8 Å². The second-order valence-electron chi connectivity index (χ2n) is 6.83. The molecule has 1 aliphatic heterocycles. The Hall–Kier alpha value is -2.79. The first-order chi connectivity index (χ1) is 13.7. The van der Waals surface area contributed by atoms with Crippen LogP contribution in [0, 0.1) is 0 Å². The number of hydrogen-bond acceptors (Lipinski definition) is 4. The van der Waals surface area contributed by atoms with Gasteiger partial charge < -0.3 is 14.2 Å². The highest BCUT2D eigenvalue weighted by atomic mass is 35.5. The summed E-state index contributed by atoms with van der Waals surface area (Å²) in [6.07, 6.45) is 2.73. The van der Waals surface area contributed by atoms with Gasteiger partial charge in [0.2, 0.25) is 5.91 Å². The van der Waals surface area contributed by atoms with Crippen LogP contribution in [0.3, 0.4) is 0 Å². The molecule has 0 N–H and O–H groups in total. The highest BCUT2D eigenvalue weighted by molar-refractivity contribution is 6.30. The van der Waals surface area contributed by atoms with Gasteiger partial charge in [-0.25, -0.2) is 4.98 Å². The van der Waals surface area contributed by atoms with E-state index in [4.69, 9.17) is 16.0 Å². The molecule has 3 heterocycles. The zero-order valence-electron chi connectivity index (χ0n) is 15.6. The third-order valence-electron chi connectivity index (χ3n) is 4.97. The van der Waals surface area contributed by atoms with Gasteiger partial charge >= 0.3 is 0 Å². The molecule has 1 amide bonds. The number of aryl methyl sites for hydroxylation is 1. The quantitative estimate of drug-likeness (QED) is 0.647. The summed E-state index contributed by atoms with van der Waals surface area (Å²) in [7, 11) is 0. The Morgan fingerprint density at radius 1 is 1.00 bits per heavy atom. The molecule has 4 rings (SSSR count). The van der Waals surface area contributed by atoms with Crippen molar-refractivity contribution in [3.63, 3.8) is 0 Å². The van der Waals surface area contributed by atoms with Gasteiger partial charge in [-0.05, 0) is 24.3 Å². The van der Waals surface area contributed by atoms with Crippen molar-refractivity contribution in [1.82, 2.24) is 9.88 Å². The molecule has 2 aromatic heterocycles. The fraction of sp³-hybridized carbons (Fsp3) is 0.273. The molecule has 1 aliphatic rings. The van der Waals surface area contributed by atoms with Crippen LogP contribution in [-0.4, -0.2) is 42.0 Å². The number of benzene rings is 1. The maximum Gasteiger partial charge on any atom is 0.223 e. The molecular formula is C22H22ClN3O2. The zero-order valence-corrected chi connectivity index (χ0v) is 16.3. The van der Waals surface area contributed by atoms with Gasteiger partial charge in [0.15, 0.2) is 0 Å². The van der Waals surface area contributed by atoms with Gasteiger partial charge in [0, 0.05) is 50.8 Å². The molecule has 0 radical (unpaired) electrons. The predicted molar refractivity (Wildman–Crippen MR) is 111 cm³/mol. The minimum absolute atomic E-state index is 0.168. The summed E-state index contributed by atoms with van der Waals surface area (Å²) in [5.74, 6) is 2.75. The number of carbonyl (C=O) groups excluding carboxylic acids is 1. The first kappa shape index (κ1) is 18.6. The minimum atomic E-state index is 0.168. The summed E-state index contributed by atoms with van der Waals surface area (Å²) >= 11 is 5.90. The Morgan fingerprint density at radius 2 is 1.79 bits per heavy atom. The van der Waals surface area contributed by atoms with Crippen molar-refractivity contribution < 1.29 is 9.21 Å². The molecule has 1 aromatic carbocycles. The normalized spacial score (nSPS) is 14.3. The van der Waals surface area contributed by atoms with Crippen LogP contribution in [0.1, 0.15) is 12.2 Å². The van der Waals surface area contributed by atoms with E-state index in [1.165, 1.54) is 0 Å². The molecule has 1 fully saturated rings. The highest BCUT2D eigenvalue weighted by Crippen LogP contribution is 2.23. The Balaban J connectivity index is 1.27. The summed E-state index contributed by atoms with van der Waals surface area (Å²) in [6.45, 7) is 2.96. The van der Waals surface area contributed by atoms with Crippen LogP contribution in [0.25, 0.3) is 11.3 Å². The molecule has 0 saturated carbocycles. The maximum atomic E-state index is 12.6. The van der Waals surface area contributed by atoms with Crippen molar-refractivity contribution in [2.75, 3.05) is 31.1 Å². The first-order valence-electron chi connectivity index (χ1n) is 9.47. The van der Waals surface area contributed by atoms with E-state index in [0.717, 1.165) is 36.0 Å². The lowest BCUT2D eigenvalue weighted by Crippen LogP contribution is -2.49. The van der Waals surface area contributed by atoms with Crippen LogP contribution in [0.5, 0.6) is 0 Å². The Bertz CT molecular complexity index is 916. The topological polar surface area (TPSA) is 49.6 Å². The number of halogens is 1. The van der Waals surface area contributed by atoms with Crippen LogP contribution in [0.2, 0.25) is 5.02 Å². The summed E-state index contributed by atoms with van der Waals surface area (Å²) in [6, 6.07) is 17.7. The van der Waals surface area contributed by atoms with Gasteiger partial charge in [0.1, 0.15) is 17.3 Å². The summed E-state index contributed by atoms with van der Waals surface area (Å²) in [5, 5.41) is 0.630. The Labute approximate surface area is 169 Å². The van der Waals surface area contributed by atoms with Gasteiger partial charge in [0.25, 0.3) is 0 Å². The molecule has 0 aliphatic carbocycles. The number of furan rings is 1. The van der Waals surface area contributed by atoms with E-state index in [-0.39, 0.29) is 5.91 Å². The van der Waals surface area contributed by atoms with Crippen molar-refractivity contribution in [2.24, 2.45) is 0 Å². The number of nitrogens with zero attached hydrogens (tertiary/aromatic N) is 3. The molecule has 0 bridgehead atoms. The SMILES string of the molecule is O=C(CCc1ccc(-c2ccccc2)o1)N1CCN(c2ccc(Cl)cn2)CC1. The number of amides is 1. The van der Waals surface area contributed by atoms with Crippen molar-refractivity contribution in [3.05, 3.63) is 71.6 Å². The lowest BCUT2D eigenvalue weighted by atomic mass is 10.2. The molecule has 144 valence electrons. The summed E-state index contributed by atoms with van der Waals surface area (Å²) in [4.78, 5) is 21.0. The van der Waals surface area contributed by atoms with Crippen LogP contribution in [0.4, 0.5) is 5.82 Å². The van der Waals surface area contributed by atoms with E-state index in [1.54, 1.807) is 6.20 Å². The standard InChI is InChI=1S/C22H22ClN3O2/c23-18-6-10-21(24-16-18)25-12-14-26(15-13-25)22(27)11-8-19-7-9-20(28-19)17-4-2-1-3-5-17/h1-7,9-10,16H,8,11-15H2. The number of pyridine rings is 1. The molecule has 3 aromatic rings. The molecule has 0 atom stereocenters. The number of piperazine rings is 1. The molecule has 28 heavy (non-hydrogen) atoms. The van der Waals surface area contributed by atoms with Gasteiger partial charge in [-0.15, -0.1) is 0 Å². The van der Waals surface area contributed by atoms with E-state index in [9.17, 15) is 4.79 Å². The second-order valence-corrected chi connectivity index (χ2v) is 7.27. The third kappa shape index (κ3) is 4.37. The molecule has 1 saturated heterocycles. The van der Waals surface area contributed by atoms with Crippen LogP contribution < -0.4 is 4.90 Å². The van der Waals surface area contributed by atoms with Gasteiger partial charge in [0.05, 0.1) is 5.02 Å². The smallest absolute Gasteiger partial charge is 0.223 e. The first-order valence-corrected chi connectivity index (χ1v) is 9.85. The fourth-order valence-electron chi connectivity index (χ4n) is 3.40. The van der Waals surface area contributed by atoms with Crippen LogP contribution in [0.15, 0.2) is 65.2 Å². The average Bonchev–Trinajstić information content (AvgIpc) is 3.22. The Kier molecular flexibility index (Phi) is 5.63. The number of rotatable bonds is 5. The average molecular weight is 396 g/mol. The molecule has 0 spiro atoms. The highest BCUT2D eigenvalue weighted by Gasteiger charge is 2.22. The lowest BCUT2D eigenvalue weighted by Gasteiger charge is -2.35. The lowest BCUT2D eigenvalue weighted by molar-refractivity contribution is -0.131. The van der Waals surface area contributed by atoms with Gasteiger partial charge in [-0.1, -0.05) is 41.9 Å². The molecule has 0 unspecified atom stereocenters. The Morgan fingerprint density at radius 3 is 2.50 bits per heavy atom. The number of aromatic nitrogens is 1. The summed E-state index contributed by atoms with van der Waals surface area (Å²) < 4.78 is 5.89. The zero-order chi connectivity index (χ0) is 19.3. The van der Waals surface area contributed by atoms with Gasteiger partial charge in [-0.2, -0.15) is 0 Å². The molecule has 6 heteroatoms. The van der Waals surface area contributed by atoms with E-state index in [2.05, 4.69) is 9.88 Å². The predicted octanol–water partition coefficient (Wildman–Crippen LogP) is 4.28. The number of hydrogen-bond donors (Lipinski definition) is 0. The monoisotopic (exact) mass is 395 g/mol. The third-order valence-corrected chi connectivity index (χ3v) is 5.20. The minimum Gasteiger partial charge on any atom is -0.461 e. The van der Waals surface area contributed by atoms with Crippen molar-refractivity contribution in [1.29, 1.82) is 0 Å². The van der Waals surface area contributed by atoms with Crippen LogP contribution in [-0.2, 0) is 11.2 Å². The van der Waals surface area contributed by atoms with E-state index < -0.39 is 0 Å². The molecular weight excluding hydrogens is 374 g/mol.